The van der Waals surface area contributed by atoms with Crippen molar-refractivity contribution in [2.45, 2.75) is 18.2 Å². The van der Waals surface area contributed by atoms with E-state index in [1.807, 2.05) is 28.8 Å². The Labute approximate surface area is 199 Å². The number of phenolic OH excluding ortho intramolecular Hbond substituents is 1. The Hall–Kier alpha value is -4.19. The van der Waals surface area contributed by atoms with Crippen molar-refractivity contribution in [3.63, 3.8) is 0 Å². The number of nitrogens with zero attached hydrogens (tertiary/aromatic N) is 7. The Morgan fingerprint density at radius 3 is 2.94 bits per heavy atom. The Morgan fingerprint density at radius 2 is 2.12 bits per heavy atom. The Morgan fingerprint density at radius 1 is 1.26 bits per heavy atom. The molecule has 2 N–H and O–H groups in total. The van der Waals surface area contributed by atoms with Crippen molar-refractivity contribution in [3.05, 3.63) is 66.5 Å². The van der Waals surface area contributed by atoms with Gasteiger partial charge in [-0.25, -0.2) is 10.1 Å². The van der Waals surface area contributed by atoms with Crippen LogP contribution in [0.25, 0.3) is 11.0 Å². The number of amides is 1. The van der Waals surface area contributed by atoms with E-state index in [-0.39, 0.29) is 17.4 Å². The summed E-state index contributed by atoms with van der Waals surface area (Å²) in [4.78, 5) is 12.3. The molecule has 2 heterocycles. The van der Waals surface area contributed by atoms with E-state index in [1.54, 1.807) is 22.9 Å². The molecule has 0 saturated heterocycles. The summed E-state index contributed by atoms with van der Waals surface area (Å²) in [5.74, 6) is 0.821. The molecule has 0 unspecified atom stereocenters. The topological polar surface area (TPSA) is 132 Å². The van der Waals surface area contributed by atoms with Crippen LogP contribution in [0.3, 0.4) is 0 Å². The molecule has 0 saturated carbocycles. The van der Waals surface area contributed by atoms with Gasteiger partial charge < -0.3 is 14.4 Å². The molecular weight excluding hydrogens is 456 g/mol. The monoisotopic (exact) mass is 478 g/mol. The van der Waals surface area contributed by atoms with Crippen LogP contribution in [0.5, 0.6) is 11.5 Å². The number of carbonyl (C=O) groups excluding carboxylic acids is 1. The molecule has 0 fully saturated rings. The fourth-order valence-electron chi connectivity index (χ4n) is 3.14. The second-order valence-electron chi connectivity index (χ2n) is 7.05. The molecule has 0 aliphatic heterocycles. The van der Waals surface area contributed by atoms with E-state index in [2.05, 4.69) is 37.6 Å². The third-order valence-corrected chi connectivity index (χ3v) is 5.72. The minimum absolute atomic E-state index is 0.0279. The molecular formula is C22H22N8O3S. The SMILES string of the molecule is C=CCn1c(Cn2nnc3ccccc32)nnc1SCC(=O)N/N=C/c1ccc(O)c(OC)c1. The number of aromatic nitrogens is 6. The molecule has 2 aromatic heterocycles. The number of nitrogens with one attached hydrogen (secondary N) is 1. The highest BCUT2D eigenvalue weighted by Gasteiger charge is 2.15. The summed E-state index contributed by atoms with van der Waals surface area (Å²) in [6.07, 6.45) is 3.21. The second kappa shape index (κ2) is 10.6. The van der Waals surface area contributed by atoms with Gasteiger partial charge in [0.15, 0.2) is 22.5 Å². The zero-order valence-corrected chi connectivity index (χ0v) is 19.1. The molecule has 4 rings (SSSR count). The lowest BCUT2D eigenvalue weighted by Crippen LogP contribution is -2.20. The van der Waals surface area contributed by atoms with E-state index in [0.29, 0.717) is 35.4 Å². The highest BCUT2D eigenvalue weighted by molar-refractivity contribution is 7.99. The summed E-state index contributed by atoms with van der Waals surface area (Å²) in [6.45, 7) is 4.67. The lowest BCUT2D eigenvalue weighted by atomic mass is 10.2. The Balaban J connectivity index is 1.38. The van der Waals surface area contributed by atoms with Gasteiger partial charge in [0.05, 0.1) is 24.6 Å². The van der Waals surface area contributed by atoms with Gasteiger partial charge in [-0.1, -0.05) is 35.2 Å². The van der Waals surface area contributed by atoms with Crippen LogP contribution in [0.2, 0.25) is 0 Å². The molecule has 12 heteroatoms. The predicted molar refractivity (Wildman–Crippen MR) is 128 cm³/mol. The van der Waals surface area contributed by atoms with Gasteiger partial charge in [-0.3, -0.25) is 4.79 Å². The van der Waals surface area contributed by atoms with Crippen molar-refractivity contribution >= 4 is 34.9 Å². The van der Waals surface area contributed by atoms with Gasteiger partial charge in [-0.05, 0) is 35.9 Å². The number of methoxy groups -OCH3 is 1. The number of fused-ring (bicyclic) bond motifs is 1. The molecule has 11 nitrogen and oxygen atoms in total. The minimum atomic E-state index is -0.302. The molecule has 0 aliphatic carbocycles. The third kappa shape index (κ3) is 5.23. The summed E-state index contributed by atoms with van der Waals surface area (Å²) in [5, 5.41) is 31.1. The summed E-state index contributed by atoms with van der Waals surface area (Å²) in [6, 6.07) is 12.4. The maximum atomic E-state index is 12.3. The number of aromatic hydroxyl groups is 1. The molecule has 174 valence electrons. The van der Waals surface area contributed by atoms with Gasteiger partial charge in [0, 0.05) is 6.54 Å². The van der Waals surface area contributed by atoms with Crippen LogP contribution in [-0.2, 0) is 17.9 Å². The van der Waals surface area contributed by atoms with Gasteiger partial charge >= 0.3 is 0 Å². The van der Waals surface area contributed by atoms with Crippen molar-refractivity contribution in [1.82, 2.24) is 35.2 Å². The molecule has 0 aliphatic rings. The molecule has 4 aromatic rings. The first-order valence-electron chi connectivity index (χ1n) is 10.2. The van der Waals surface area contributed by atoms with Crippen molar-refractivity contribution in [3.8, 4) is 11.5 Å². The quantitative estimate of drug-likeness (QED) is 0.153. The third-order valence-electron chi connectivity index (χ3n) is 4.76. The molecule has 2 aromatic carbocycles. The maximum absolute atomic E-state index is 12.3. The van der Waals surface area contributed by atoms with E-state index in [9.17, 15) is 9.90 Å². The molecule has 34 heavy (non-hydrogen) atoms. The van der Waals surface area contributed by atoms with Crippen molar-refractivity contribution < 1.29 is 14.6 Å². The first kappa shape index (κ1) is 23.0. The Kier molecular flexibility index (Phi) is 7.18. The van der Waals surface area contributed by atoms with E-state index in [0.717, 1.165) is 11.0 Å². The second-order valence-corrected chi connectivity index (χ2v) is 7.99. The summed E-state index contributed by atoms with van der Waals surface area (Å²) in [7, 11) is 1.46. The van der Waals surface area contributed by atoms with Gasteiger partial charge in [-0.15, -0.1) is 21.9 Å². The van der Waals surface area contributed by atoms with Gasteiger partial charge in [0.25, 0.3) is 5.91 Å². The summed E-state index contributed by atoms with van der Waals surface area (Å²) >= 11 is 1.24. The van der Waals surface area contributed by atoms with Gasteiger partial charge in [0.2, 0.25) is 0 Å². The maximum Gasteiger partial charge on any atom is 0.250 e. The number of allylic oxidation sites excluding steroid dienone is 1. The fraction of sp³-hybridized carbons (Fsp3) is 0.182. The zero-order chi connectivity index (χ0) is 23.9. The van der Waals surface area contributed by atoms with Crippen molar-refractivity contribution in [1.29, 1.82) is 0 Å². The number of para-hydroxylation sites is 1. The zero-order valence-electron chi connectivity index (χ0n) is 18.3. The van der Waals surface area contributed by atoms with Crippen molar-refractivity contribution in [2.75, 3.05) is 12.9 Å². The summed E-state index contributed by atoms with van der Waals surface area (Å²) < 4.78 is 8.69. The van der Waals surface area contributed by atoms with Crippen LogP contribution in [0.4, 0.5) is 0 Å². The molecule has 0 atom stereocenters. The first-order valence-corrected chi connectivity index (χ1v) is 11.2. The van der Waals surface area contributed by atoms with Gasteiger partial charge in [0.1, 0.15) is 12.1 Å². The van der Waals surface area contributed by atoms with Crippen molar-refractivity contribution in [2.24, 2.45) is 5.10 Å². The predicted octanol–water partition coefficient (Wildman–Crippen LogP) is 2.21. The number of ether oxygens (including phenoxy) is 1. The van der Waals surface area contributed by atoms with Crippen LogP contribution in [0, 0.1) is 0 Å². The number of hydrazone groups is 1. The summed E-state index contributed by atoms with van der Waals surface area (Å²) in [5.41, 5.74) is 4.84. The average molecular weight is 479 g/mol. The fourth-order valence-corrected chi connectivity index (χ4v) is 3.90. The standard InChI is InChI=1S/C22H22N8O3S/c1-3-10-29-20(13-30-17-7-5-4-6-16(17)24-28-30)25-27-22(29)34-14-21(32)26-23-12-15-8-9-18(31)19(11-15)33-2/h3-9,11-12,31H,1,10,13-14H2,2H3,(H,26,32)/b23-12+. The van der Waals surface area contributed by atoms with Crippen LogP contribution in [-0.4, -0.2) is 59.8 Å². The largest absolute Gasteiger partial charge is 0.504 e. The van der Waals surface area contributed by atoms with Gasteiger partial charge in [-0.2, -0.15) is 5.10 Å². The highest BCUT2D eigenvalue weighted by atomic mass is 32.2. The minimum Gasteiger partial charge on any atom is -0.504 e. The number of thioether (sulfide) groups is 1. The molecule has 1 amide bonds. The lowest BCUT2D eigenvalue weighted by molar-refractivity contribution is -0.118. The number of hydrogen-bond donors (Lipinski definition) is 2. The van der Waals surface area contributed by atoms with E-state index in [4.69, 9.17) is 4.74 Å². The van der Waals surface area contributed by atoms with E-state index < -0.39 is 0 Å². The van der Waals surface area contributed by atoms with Crippen LogP contribution in [0.1, 0.15) is 11.4 Å². The molecule has 0 radical (unpaired) electrons. The first-order chi connectivity index (χ1) is 16.6. The van der Waals surface area contributed by atoms with E-state index >= 15 is 0 Å². The number of rotatable bonds is 10. The smallest absolute Gasteiger partial charge is 0.250 e. The number of carbonyl (C=O) groups is 1. The number of benzene rings is 2. The number of hydrogen-bond acceptors (Lipinski definition) is 9. The Bertz CT molecular complexity index is 1350. The molecule has 0 spiro atoms. The van der Waals surface area contributed by atoms with Crippen LogP contribution >= 0.6 is 11.8 Å². The normalized spacial score (nSPS) is 11.2. The molecule has 0 bridgehead atoms. The van der Waals surface area contributed by atoms with Crippen LogP contribution < -0.4 is 10.2 Å². The highest BCUT2D eigenvalue weighted by Crippen LogP contribution is 2.25. The van der Waals surface area contributed by atoms with Crippen LogP contribution in [0.15, 0.2) is 65.4 Å². The van der Waals surface area contributed by atoms with E-state index in [1.165, 1.54) is 31.2 Å². The number of phenols is 1. The average Bonchev–Trinajstić information content (AvgIpc) is 3.43. The lowest BCUT2D eigenvalue weighted by Gasteiger charge is -2.08.